The number of benzene rings is 2. The molecule has 0 fully saturated rings. The van der Waals surface area contributed by atoms with E-state index < -0.39 is 12.0 Å². The first-order valence-corrected chi connectivity index (χ1v) is 8.58. The number of rotatable bonds is 5. The van der Waals surface area contributed by atoms with E-state index in [0.717, 1.165) is 15.8 Å². The number of hydrogen-bond acceptors (Lipinski definition) is 4. The standard InChI is InChI=1S/C17H14FN3O2S2/c18-12-3-1-10(2-4-12)14(8-16(22)23)21-17(24)20-13-5-6-15-11(7-13)9-19-25-15/h1-7,9,14H,8H2,(H,22,23)(H2,20,21,24)/t14-/m1/s1. The van der Waals surface area contributed by atoms with Crippen molar-refractivity contribution >= 4 is 50.6 Å². The van der Waals surface area contributed by atoms with Crippen molar-refractivity contribution in [2.45, 2.75) is 12.5 Å². The normalized spacial score (nSPS) is 11.9. The van der Waals surface area contributed by atoms with Crippen LogP contribution in [0.2, 0.25) is 0 Å². The molecule has 0 aliphatic carbocycles. The minimum absolute atomic E-state index is 0.180. The van der Waals surface area contributed by atoms with Crippen LogP contribution in [0.25, 0.3) is 10.1 Å². The van der Waals surface area contributed by atoms with Crippen LogP contribution in [-0.2, 0) is 4.79 Å². The Bertz CT molecular complexity index is 912. The Kier molecular flexibility index (Phi) is 5.20. The van der Waals surface area contributed by atoms with E-state index in [-0.39, 0.29) is 17.4 Å². The number of carboxylic acids is 1. The number of aliphatic carboxylic acids is 1. The third-order valence-electron chi connectivity index (χ3n) is 3.57. The predicted octanol–water partition coefficient (Wildman–Crippen LogP) is 3.94. The summed E-state index contributed by atoms with van der Waals surface area (Å²) in [6.45, 7) is 0. The van der Waals surface area contributed by atoms with E-state index in [1.807, 2.05) is 18.2 Å². The zero-order chi connectivity index (χ0) is 17.8. The third kappa shape index (κ3) is 4.49. The van der Waals surface area contributed by atoms with Crippen molar-refractivity contribution in [2.75, 3.05) is 5.32 Å². The number of hydrogen-bond donors (Lipinski definition) is 3. The molecule has 8 heteroatoms. The summed E-state index contributed by atoms with van der Waals surface area (Å²) in [4.78, 5) is 11.1. The number of nitrogens with one attached hydrogen (secondary N) is 2. The van der Waals surface area contributed by atoms with Crippen molar-refractivity contribution in [3.8, 4) is 0 Å². The number of carbonyl (C=O) groups is 1. The van der Waals surface area contributed by atoms with Crippen molar-refractivity contribution < 1.29 is 14.3 Å². The molecular weight excluding hydrogens is 361 g/mol. The number of fused-ring (bicyclic) bond motifs is 1. The van der Waals surface area contributed by atoms with Crippen molar-refractivity contribution in [1.29, 1.82) is 0 Å². The van der Waals surface area contributed by atoms with Crippen LogP contribution in [-0.4, -0.2) is 20.6 Å². The van der Waals surface area contributed by atoms with Gasteiger partial charge in [0.1, 0.15) is 5.82 Å². The van der Waals surface area contributed by atoms with Crippen LogP contribution in [0.1, 0.15) is 18.0 Å². The molecule has 5 nitrogen and oxygen atoms in total. The summed E-state index contributed by atoms with van der Waals surface area (Å²) in [5.41, 5.74) is 1.42. The molecule has 1 aromatic heterocycles. The van der Waals surface area contributed by atoms with E-state index in [1.54, 1.807) is 18.3 Å². The Morgan fingerprint density at radius 2 is 2.04 bits per heavy atom. The van der Waals surface area contributed by atoms with Crippen LogP contribution >= 0.6 is 23.8 Å². The first kappa shape index (κ1) is 17.2. The Morgan fingerprint density at radius 3 is 2.76 bits per heavy atom. The van der Waals surface area contributed by atoms with Crippen LogP contribution < -0.4 is 10.6 Å². The summed E-state index contributed by atoms with van der Waals surface area (Å²) in [5, 5.41) is 16.4. The van der Waals surface area contributed by atoms with Gasteiger partial charge < -0.3 is 15.7 Å². The smallest absolute Gasteiger partial charge is 0.305 e. The van der Waals surface area contributed by atoms with Gasteiger partial charge in [0, 0.05) is 17.3 Å². The maximum atomic E-state index is 13.1. The van der Waals surface area contributed by atoms with Gasteiger partial charge in [-0.05, 0) is 59.6 Å². The summed E-state index contributed by atoms with van der Waals surface area (Å²) in [6.07, 6.45) is 1.59. The number of anilines is 1. The van der Waals surface area contributed by atoms with E-state index in [2.05, 4.69) is 15.0 Å². The van der Waals surface area contributed by atoms with Gasteiger partial charge in [0.15, 0.2) is 5.11 Å². The molecular formula is C17H14FN3O2S2. The van der Waals surface area contributed by atoms with Crippen molar-refractivity contribution in [3.05, 3.63) is 60.0 Å². The van der Waals surface area contributed by atoms with Crippen LogP contribution in [0.3, 0.4) is 0 Å². The molecule has 0 spiro atoms. The topological polar surface area (TPSA) is 74.2 Å². The largest absolute Gasteiger partial charge is 0.481 e. The lowest BCUT2D eigenvalue weighted by Crippen LogP contribution is -2.33. The summed E-state index contributed by atoms with van der Waals surface area (Å²) in [6, 6.07) is 10.8. The lowest BCUT2D eigenvalue weighted by atomic mass is 10.0. The fraction of sp³-hybridized carbons (Fsp3) is 0.118. The average Bonchev–Trinajstić information content (AvgIpc) is 3.02. The second-order valence-electron chi connectivity index (χ2n) is 5.38. The van der Waals surface area contributed by atoms with Crippen LogP contribution in [0.4, 0.5) is 10.1 Å². The van der Waals surface area contributed by atoms with E-state index >= 15 is 0 Å². The van der Waals surface area contributed by atoms with Gasteiger partial charge in [0.25, 0.3) is 0 Å². The van der Waals surface area contributed by atoms with Crippen LogP contribution in [0.5, 0.6) is 0 Å². The van der Waals surface area contributed by atoms with E-state index in [1.165, 1.54) is 23.7 Å². The second-order valence-corrected chi connectivity index (χ2v) is 6.62. The average molecular weight is 375 g/mol. The highest BCUT2D eigenvalue weighted by molar-refractivity contribution is 7.80. The molecule has 128 valence electrons. The lowest BCUT2D eigenvalue weighted by Gasteiger charge is -2.20. The van der Waals surface area contributed by atoms with Gasteiger partial charge in [-0.3, -0.25) is 4.79 Å². The van der Waals surface area contributed by atoms with E-state index in [0.29, 0.717) is 5.56 Å². The lowest BCUT2D eigenvalue weighted by molar-refractivity contribution is -0.137. The maximum absolute atomic E-state index is 13.1. The molecule has 0 saturated heterocycles. The Hall–Kier alpha value is -2.58. The maximum Gasteiger partial charge on any atom is 0.305 e. The van der Waals surface area contributed by atoms with Gasteiger partial charge >= 0.3 is 5.97 Å². The third-order valence-corrected chi connectivity index (χ3v) is 4.57. The molecule has 0 aliphatic heterocycles. The fourth-order valence-corrected chi connectivity index (χ4v) is 3.28. The number of aromatic nitrogens is 1. The van der Waals surface area contributed by atoms with E-state index in [4.69, 9.17) is 17.3 Å². The zero-order valence-corrected chi connectivity index (χ0v) is 14.5. The number of carboxylic acid groups (broad SMARTS) is 1. The number of thiocarbonyl (C=S) groups is 1. The van der Waals surface area contributed by atoms with Gasteiger partial charge in [-0.2, -0.15) is 4.37 Å². The highest BCUT2D eigenvalue weighted by Gasteiger charge is 2.17. The summed E-state index contributed by atoms with van der Waals surface area (Å²) < 4.78 is 18.3. The molecule has 0 amide bonds. The summed E-state index contributed by atoms with van der Waals surface area (Å²) >= 11 is 6.70. The van der Waals surface area contributed by atoms with E-state index in [9.17, 15) is 9.18 Å². The first-order chi connectivity index (χ1) is 12.0. The van der Waals surface area contributed by atoms with Gasteiger partial charge in [-0.1, -0.05) is 12.1 Å². The summed E-state index contributed by atoms with van der Waals surface area (Å²) in [5.74, 6) is -1.36. The first-order valence-electron chi connectivity index (χ1n) is 7.40. The van der Waals surface area contributed by atoms with Crippen LogP contribution in [0.15, 0.2) is 48.7 Å². The van der Waals surface area contributed by atoms with Crippen LogP contribution in [0, 0.1) is 5.82 Å². The Balaban J connectivity index is 1.72. The number of halogens is 1. The monoisotopic (exact) mass is 375 g/mol. The SMILES string of the molecule is O=C(O)C[C@@H](NC(=S)Nc1ccc2sncc2c1)c1ccc(F)cc1. The second kappa shape index (κ2) is 7.54. The van der Waals surface area contributed by atoms with Crippen molar-refractivity contribution in [2.24, 2.45) is 0 Å². The molecule has 3 N–H and O–H groups in total. The summed E-state index contributed by atoms with van der Waals surface area (Å²) in [7, 11) is 0. The minimum Gasteiger partial charge on any atom is -0.481 e. The molecule has 2 aromatic carbocycles. The Labute approximate surface area is 152 Å². The van der Waals surface area contributed by atoms with Gasteiger partial charge in [-0.15, -0.1) is 0 Å². The zero-order valence-electron chi connectivity index (χ0n) is 12.9. The van der Waals surface area contributed by atoms with Crippen molar-refractivity contribution in [3.63, 3.8) is 0 Å². The van der Waals surface area contributed by atoms with Gasteiger partial charge in [0.2, 0.25) is 0 Å². The Morgan fingerprint density at radius 1 is 1.28 bits per heavy atom. The molecule has 1 atom stereocenters. The molecule has 0 aliphatic rings. The molecule has 3 rings (SSSR count). The molecule has 0 saturated carbocycles. The predicted molar refractivity (Wildman–Crippen MR) is 100 cm³/mol. The molecule has 0 radical (unpaired) electrons. The highest BCUT2D eigenvalue weighted by Crippen LogP contribution is 2.22. The molecule has 25 heavy (non-hydrogen) atoms. The minimum atomic E-state index is -0.976. The highest BCUT2D eigenvalue weighted by atomic mass is 32.1. The van der Waals surface area contributed by atoms with Gasteiger partial charge in [0.05, 0.1) is 17.2 Å². The molecule has 1 heterocycles. The molecule has 0 unspecified atom stereocenters. The van der Waals surface area contributed by atoms with Crippen molar-refractivity contribution in [1.82, 2.24) is 9.69 Å². The quantitative estimate of drug-likeness (QED) is 0.587. The molecule has 0 bridgehead atoms. The molecule has 3 aromatic rings. The fourth-order valence-electron chi connectivity index (χ4n) is 2.40. The van der Waals surface area contributed by atoms with Gasteiger partial charge in [-0.25, -0.2) is 4.39 Å². The number of nitrogens with zero attached hydrogens (tertiary/aromatic N) is 1.